The Balaban J connectivity index is 1.77. The summed E-state index contributed by atoms with van der Waals surface area (Å²) >= 11 is 0. The molecule has 0 bridgehead atoms. The number of carbonyl (C=O) groups is 2. The van der Waals surface area contributed by atoms with Crippen molar-refractivity contribution in [3.63, 3.8) is 0 Å². The first-order valence-corrected chi connectivity index (χ1v) is 8.41. The summed E-state index contributed by atoms with van der Waals surface area (Å²) in [6.45, 7) is 0.174. The highest BCUT2D eigenvalue weighted by atomic mass is 16.6. The summed E-state index contributed by atoms with van der Waals surface area (Å²) in [5, 5.41) is 19.6. The molecule has 0 saturated heterocycles. The lowest BCUT2D eigenvalue weighted by molar-refractivity contribution is -0.384. The van der Waals surface area contributed by atoms with E-state index in [4.69, 9.17) is 14.7 Å². The second-order valence-corrected chi connectivity index (χ2v) is 6.44. The molecule has 1 aliphatic rings. The molecular formula is C19H18N2O7. The van der Waals surface area contributed by atoms with Crippen molar-refractivity contribution in [3.05, 3.63) is 69.8 Å². The van der Waals surface area contributed by atoms with Gasteiger partial charge in [-0.05, 0) is 41.8 Å². The maximum absolute atomic E-state index is 12.3. The zero-order valence-electron chi connectivity index (χ0n) is 15.0. The summed E-state index contributed by atoms with van der Waals surface area (Å²) in [6.07, 6.45) is 0.220. The third-order valence-electron chi connectivity index (χ3n) is 4.84. The SMILES string of the molecule is COC(=O)[C@]1(c2cccc(OCc3ccc([N+](=O)[O-])cc3)c2)C[C@H]1C(=O)NO. The van der Waals surface area contributed by atoms with Gasteiger partial charge in [-0.15, -0.1) is 0 Å². The van der Waals surface area contributed by atoms with Gasteiger partial charge >= 0.3 is 5.97 Å². The van der Waals surface area contributed by atoms with Gasteiger partial charge in [-0.3, -0.25) is 24.9 Å². The predicted octanol–water partition coefficient (Wildman–Crippen LogP) is 2.11. The average molecular weight is 386 g/mol. The van der Waals surface area contributed by atoms with Crippen LogP contribution in [0.25, 0.3) is 0 Å². The molecule has 28 heavy (non-hydrogen) atoms. The maximum Gasteiger partial charge on any atom is 0.317 e. The molecule has 3 rings (SSSR count). The van der Waals surface area contributed by atoms with Gasteiger partial charge in [0.25, 0.3) is 5.69 Å². The monoisotopic (exact) mass is 386 g/mol. The molecule has 0 aromatic heterocycles. The molecule has 2 N–H and O–H groups in total. The quantitative estimate of drug-likeness (QED) is 0.323. The summed E-state index contributed by atoms with van der Waals surface area (Å²) < 4.78 is 10.6. The minimum Gasteiger partial charge on any atom is -0.489 e. The third-order valence-corrected chi connectivity index (χ3v) is 4.84. The lowest BCUT2D eigenvalue weighted by Crippen LogP contribution is -2.31. The number of carbonyl (C=O) groups excluding carboxylic acids is 2. The molecular weight excluding hydrogens is 368 g/mol. The smallest absolute Gasteiger partial charge is 0.317 e. The highest BCUT2D eigenvalue weighted by Crippen LogP contribution is 2.55. The van der Waals surface area contributed by atoms with Crippen LogP contribution >= 0.6 is 0 Å². The summed E-state index contributed by atoms with van der Waals surface area (Å²) in [7, 11) is 1.24. The molecule has 1 saturated carbocycles. The van der Waals surface area contributed by atoms with E-state index < -0.39 is 28.1 Å². The van der Waals surface area contributed by atoms with Crippen LogP contribution in [0.5, 0.6) is 5.75 Å². The molecule has 0 aliphatic heterocycles. The Morgan fingerprint density at radius 3 is 2.61 bits per heavy atom. The number of hydrogen-bond donors (Lipinski definition) is 2. The Kier molecular flexibility index (Phi) is 5.27. The molecule has 2 aromatic rings. The van der Waals surface area contributed by atoms with E-state index >= 15 is 0 Å². The van der Waals surface area contributed by atoms with Gasteiger partial charge in [-0.2, -0.15) is 0 Å². The van der Waals surface area contributed by atoms with Gasteiger partial charge in [0.15, 0.2) is 0 Å². The predicted molar refractivity (Wildman–Crippen MR) is 95.6 cm³/mol. The lowest BCUT2D eigenvalue weighted by atomic mass is 9.92. The molecule has 0 heterocycles. The fraction of sp³-hybridized carbons (Fsp3) is 0.263. The number of hydrogen-bond acceptors (Lipinski definition) is 7. The summed E-state index contributed by atoms with van der Waals surface area (Å²) in [5.41, 5.74) is 1.70. The molecule has 2 aromatic carbocycles. The van der Waals surface area contributed by atoms with Gasteiger partial charge in [0.2, 0.25) is 5.91 Å². The molecule has 2 atom stereocenters. The largest absolute Gasteiger partial charge is 0.489 e. The van der Waals surface area contributed by atoms with Crippen LogP contribution in [0.3, 0.4) is 0 Å². The number of nitro groups is 1. The Morgan fingerprint density at radius 1 is 1.29 bits per heavy atom. The summed E-state index contributed by atoms with van der Waals surface area (Å²) in [4.78, 5) is 34.4. The fourth-order valence-corrected chi connectivity index (χ4v) is 3.25. The average Bonchev–Trinajstić information content (AvgIpc) is 3.48. The van der Waals surface area contributed by atoms with E-state index in [0.29, 0.717) is 11.3 Å². The molecule has 1 amide bonds. The Labute approximate surface area is 160 Å². The number of non-ortho nitro benzene ring substituents is 1. The first-order chi connectivity index (χ1) is 13.4. The highest BCUT2D eigenvalue weighted by molar-refractivity contribution is 5.97. The van der Waals surface area contributed by atoms with Crippen molar-refractivity contribution in [2.45, 2.75) is 18.4 Å². The van der Waals surface area contributed by atoms with Crippen molar-refractivity contribution in [3.8, 4) is 5.75 Å². The van der Waals surface area contributed by atoms with Crippen LogP contribution in [0.2, 0.25) is 0 Å². The zero-order valence-corrected chi connectivity index (χ0v) is 15.0. The number of nitrogens with zero attached hydrogens (tertiary/aromatic N) is 1. The molecule has 1 fully saturated rings. The van der Waals surface area contributed by atoms with E-state index in [1.807, 2.05) is 0 Å². The maximum atomic E-state index is 12.3. The molecule has 0 spiro atoms. The summed E-state index contributed by atoms with van der Waals surface area (Å²) in [5.74, 6) is -1.47. The third kappa shape index (κ3) is 3.52. The minimum atomic E-state index is -1.16. The van der Waals surface area contributed by atoms with Crippen molar-refractivity contribution in [1.29, 1.82) is 0 Å². The number of amides is 1. The van der Waals surface area contributed by atoms with Crippen molar-refractivity contribution in [1.82, 2.24) is 5.48 Å². The van der Waals surface area contributed by atoms with Gasteiger partial charge in [-0.1, -0.05) is 12.1 Å². The number of ether oxygens (including phenoxy) is 2. The van der Waals surface area contributed by atoms with E-state index in [-0.39, 0.29) is 18.7 Å². The molecule has 146 valence electrons. The summed E-state index contributed by atoms with van der Waals surface area (Å²) in [6, 6.07) is 12.7. The number of hydroxylamine groups is 1. The van der Waals surface area contributed by atoms with Gasteiger partial charge in [0.1, 0.15) is 17.8 Å². The van der Waals surface area contributed by atoms with Gasteiger partial charge in [-0.25, -0.2) is 5.48 Å². The number of nitrogens with one attached hydrogen (secondary N) is 1. The van der Waals surface area contributed by atoms with Crippen LogP contribution in [-0.4, -0.2) is 29.1 Å². The number of benzene rings is 2. The van der Waals surface area contributed by atoms with Crippen molar-refractivity contribution >= 4 is 17.6 Å². The van der Waals surface area contributed by atoms with E-state index in [9.17, 15) is 19.7 Å². The Bertz CT molecular complexity index is 913. The molecule has 9 heteroatoms. The topological polar surface area (TPSA) is 128 Å². The first kappa shape index (κ1) is 19.3. The number of esters is 1. The van der Waals surface area contributed by atoms with Crippen LogP contribution in [-0.2, 0) is 26.3 Å². The van der Waals surface area contributed by atoms with Crippen LogP contribution in [0.15, 0.2) is 48.5 Å². The Hall–Kier alpha value is -3.46. The zero-order chi connectivity index (χ0) is 20.3. The molecule has 9 nitrogen and oxygen atoms in total. The molecule has 0 radical (unpaired) electrons. The van der Waals surface area contributed by atoms with Crippen molar-refractivity contribution < 1.29 is 29.2 Å². The van der Waals surface area contributed by atoms with Crippen molar-refractivity contribution in [2.75, 3.05) is 7.11 Å². The Morgan fingerprint density at radius 2 is 2.00 bits per heavy atom. The second-order valence-electron chi connectivity index (χ2n) is 6.44. The molecule has 0 unspecified atom stereocenters. The first-order valence-electron chi connectivity index (χ1n) is 8.41. The van der Waals surface area contributed by atoms with E-state index in [1.54, 1.807) is 41.9 Å². The number of rotatable bonds is 7. The van der Waals surface area contributed by atoms with E-state index in [1.165, 1.54) is 19.2 Å². The van der Waals surface area contributed by atoms with E-state index in [2.05, 4.69) is 0 Å². The van der Waals surface area contributed by atoms with Crippen LogP contribution in [0, 0.1) is 16.0 Å². The van der Waals surface area contributed by atoms with Crippen molar-refractivity contribution in [2.24, 2.45) is 5.92 Å². The molecule has 1 aliphatic carbocycles. The van der Waals surface area contributed by atoms with E-state index in [0.717, 1.165) is 5.56 Å². The fourth-order valence-electron chi connectivity index (χ4n) is 3.25. The minimum absolute atomic E-state index is 0.00676. The van der Waals surface area contributed by atoms with Gasteiger partial charge < -0.3 is 9.47 Å². The van der Waals surface area contributed by atoms with Crippen LogP contribution in [0.4, 0.5) is 5.69 Å². The second kappa shape index (κ2) is 7.65. The highest BCUT2D eigenvalue weighted by Gasteiger charge is 2.65. The van der Waals surface area contributed by atoms with Crippen LogP contribution in [0.1, 0.15) is 17.5 Å². The van der Waals surface area contributed by atoms with Gasteiger partial charge in [0, 0.05) is 12.1 Å². The number of methoxy groups -OCH3 is 1. The number of nitro benzene ring substituents is 1. The lowest BCUT2D eigenvalue weighted by Gasteiger charge is -2.16. The van der Waals surface area contributed by atoms with Crippen LogP contribution < -0.4 is 10.2 Å². The normalized spacial score (nSPS) is 20.1. The standard InChI is InChI=1S/C19H18N2O7/c1-27-18(23)19(10-16(19)17(22)20-24)13-3-2-4-15(9-13)28-11-12-5-7-14(8-6-12)21(25)26/h2-9,16,24H,10-11H2,1H3,(H,20,22)/t16-,19-/m0/s1. The van der Waals surface area contributed by atoms with Gasteiger partial charge in [0.05, 0.1) is 18.0 Å².